The van der Waals surface area contributed by atoms with Crippen LogP contribution in [0, 0.1) is 0 Å². The normalized spacial score (nSPS) is 13.3. The number of nitrogens with one attached hydrogen (secondary N) is 3. The number of benzene rings is 1. The van der Waals surface area contributed by atoms with Crippen LogP contribution in [0.1, 0.15) is 38.8 Å². The molecule has 0 radical (unpaired) electrons. The first-order chi connectivity index (χ1) is 9.92. The van der Waals surface area contributed by atoms with Crippen molar-refractivity contribution in [3.05, 3.63) is 34.9 Å². The quantitative estimate of drug-likeness (QED) is 0.756. The number of carbonyl (C=O) groups is 2. The van der Waals surface area contributed by atoms with E-state index in [-0.39, 0.29) is 24.5 Å². The molecular formula is C15H22ClN3O2. The standard InChI is InChI=1S/C15H22ClN3O2/c1-4-10(2)18-15(21)19-14(20)9-17-11(3)12-6-5-7-13(16)8-12/h5-8,10-11,17H,4,9H2,1-3H3,(H2,18,19,20,21)/t10-,11+/m0/s1. The summed E-state index contributed by atoms with van der Waals surface area (Å²) in [6.07, 6.45) is 0.811. The van der Waals surface area contributed by atoms with Gasteiger partial charge >= 0.3 is 6.03 Å². The average Bonchev–Trinajstić information content (AvgIpc) is 2.44. The van der Waals surface area contributed by atoms with E-state index in [0.29, 0.717) is 5.02 Å². The zero-order valence-corrected chi connectivity index (χ0v) is 13.3. The van der Waals surface area contributed by atoms with Gasteiger partial charge in [-0.05, 0) is 38.0 Å². The predicted octanol–water partition coefficient (Wildman–Crippen LogP) is 2.61. The maximum atomic E-state index is 11.7. The molecule has 0 bridgehead atoms. The number of carbonyl (C=O) groups excluding carboxylic acids is 2. The Kier molecular flexibility index (Phi) is 7.19. The summed E-state index contributed by atoms with van der Waals surface area (Å²) in [4.78, 5) is 23.2. The average molecular weight is 312 g/mol. The molecule has 5 nitrogen and oxygen atoms in total. The van der Waals surface area contributed by atoms with E-state index in [2.05, 4.69) is 16.0 Å². The van der Waals surface area contributed by atoms with Gasteiger partial charge in [0.25, 0.3) is 0 Å². The van der Waals surface area contributed by atoms with Crippen LogP contribution < -0.4 is 16.0 Å². The van der Waals surface area contributed by atoms with Crippen LogP contribution in [-0.4, -0.2) is 24.5 Å². The Labute approximate surface area is 130 Å². The van der Waals surface area contributed by atoms with Crippen LogP contribution in [0.5, 0.6) is 0 Å². The Morgan fingerprint density at radius 3 is 2.62 bits per heavy atom. The summed E-state index contributed by atoms with van der Waals surface area (Å²) >= 11 is 5.92. The molecule has 0 heterocycles. The molecule has 3 amide bonds. The lowest BCUT2D eigenvalue weighted by Crippen LogP contribution is -2.46. The molecule has 0 aliphatic carbocycles. The minimum Gasteiger partial charge on any atom is -0.335 e. The second-order valence-corrected chi connectivity index (χ2v) is 5.42. The lowest BCUT2D eigenvalue weighted by molar-refractivity contribution is -0.119. The van der Waals surface area contributed by atoms with Gasteiger partial charge < -0.3 is 10.6 Å². The first kappa shape index (κ1) is 17.5. The van der Waals surface area contributed by atoms with Crippen molar-refractivity contribution < 1.29 is 9.59 Å². The second-order valence-electron chi connectivity index (χ2n) is 4.99. The highest BCUT2D eigenvalue weighted by Crippen LogP contribution is 2.16. The van der Waals surface area contributed by atoms with Crippen LogP contribution in [-0.2, 0) is 4.79 Å². The fourth-order valence-electron chi connectivity index (χ4n) is 1.67. The number of urea groups is 1. The molecule has 0 saturated heterocycles. The summed E-state index contributed by atoms with van der Waals surface area (Å²) in [6.45, 7) is 5.82. The number of amides is 3. The lowest BCUT2D eigenvalue weighted by Gasteiger charge is -2.15. The van der Waals surface area contributed by atoms with Crippen LogP contribution in [0.2, 0.25) is 5.02 Å². The first-order valence-corrected chi connectivity index (χ1v) is 7.39. The SMILES string of the molecule is CC[C@H](C)NC(=O)NC(=O)CN[C@H](C)c1cccc(Cl)c1. The van der Waals surface area contributed by atoms with Gasteiger partial charge in [-0.3, -0.25) is 10.1 Å². The Bertz CT molecular complexity index is 494. The minimum atomic E-state index is -0.466. The molecule has 0 fully saturated rings. The van der Waals surface area contributed by atoms with E-state index in [1.807, 2.05) is 39.0 Å². The lowest BCUT2D eigenvalue weighted by atomic mass is 10.1. The summed E-state index contributed by atoms with van der Waals surface area (Å²) in [5, 5.41) is 8.66. The van der Waals surface area contributed by atoms with Crippen molar-refractivity contribution in [2.24, 2.45) is 0 Å². The minimum absolute atomic E-state index is 0.0351. The summed E-state index contributed by atoms with van der Waals surface area (Å²) in [5.74, 6) is -0.371. The van der Waals surface area contributed by atoms with Gasteiger partial charge in [-0.15, -0.1) is 0 Å². The van der Waals surface area contributed by atoms with Crippen molar-refractivity contribution >= 4 is 23.5 Å². The zero-order valence-electron chi connectivity index (χ0n) is 12.6. The molecule has 2 atom stereocenters. The highest BCUT2D eigenvalue weighted by atomic mass is 35.5. The van der Waals surface area contributed by atoms with Crippen molar-refractivity contribution in [2.45, 2.75) is 39.3 Å². The molecule has 0 spiro atoms. The summed E-state index contributed by atoms with van der Waals surface area (Å²) < 4.78 is 0. The Balaban J connectivity index is 2.37. The Hall–Kier alpha value is -1.59. The van der Waals surface area contributed by atoms with Crippen molar-refractivity contribution in [1.29, 1.82) is 0 Å². The number of rotatable bonds is 6. The second kappa shape index (κ2) is 8.64. The van der Waals surface area contributed by atoms with Crippen LogP contribution in [0.25, 0.3) is 0 Å². The van der Waals surface area contributed by atoms with Crippen molar-refractivity contribution in [3.63, 3.8) is 0 Å². The van der Waals surface area contributed by atoms with Crippen LogP contribution in [0.3, 0.4) is 0 Å². The molecular weight excluding hydrogens is 290 g/mol. The summed E-state index contributed by atoms with van der Waals surface area (Å²) in [6, 6.07) is 6.96. The molecule has 0 aliphatic heterocycles. The van der Waals surface area contributed by atoms with Crippen molar-refractivity contribution in [1.82, 2.24) is 16.0 Å². The molecule has 0 unspecified atom stereocenters. The third-order valence-corrected chi connectivity index (χ3v) is 3.40. The van der Waals surface area contributed by atoms with Gasteiger partial charge in [-0.25, -0.2) is 4.79 Å². The summed E-state index contributed by atoms with van der Waals surface area (Å²) in [7, 11) is 0. The molecule has 21 heavy (non-hydrogen) atoms. The maximum Gasteiger partial charge on any atom is 0.321 e. The molecule has 6 heteroatoms. The van der Waals surface area contributed by atoms with Gasteiger partial charge in [-0.2, -0.15) is 0 Å². The monoisotopic (exact) mass is 311 g/mol. The zero-order chi connectivity index (χ0) is 15.8. The van der Waals surface area contributed by atoms with Gasteiger partial charge in [0.05, 0.1) is 6.54 Å². The first-order valence-electron chi connectivity index (χ1n) is 7.01. The Morgan fingerprint density at radius 2 is 2.00 bits per heavy atom. The molecule has 0 aromatic heterocycles. The molecule has 116 valence electrons. The summed E-state index contributed by atoms with van der Waals surface area (Å²) in [5.41, 5.74) is 0.986. The maximum absolute atomic E-state index is 11.7. The number of hydrogen-bond donors (Lipinski definition) is 3. The molecule has 0 aliphatic rings. The highest BCUT2D eigenvalue weighted by molar-refractivity contribution is 6.30. The predicted molar refractivity (Wildman–Crippen MR) is 84.3 cm³/mol. The number of halogens is 1. The van der Waals surface area contributed by atoms with E-state index in [1.165, 1.54) is 0 Å². The fraction of sp³-hybridized carbons (Fsp3) is 0.467. The third-order valence-electron chi connectivity index (χ3n) is 3.16. The van der Waals surface area contributed by atoms with E-state index in [4.69, 9.17) is 11.6 Å². The molecule has 1 aromatic carbocycles. The van der Waals surface area contributed by atoms with Gasteiger partial charge in [0.1, 0.15) is 0 Å². The van der Waals surface area contributed by atoms with Crippen LogP contribution >= 0.6 is 11.6 Å². The van der Waals surface area contributed by atoms with Gasteiger partial charge in [0.2, 0.25) is 5.91 Å². The van der Waals surface area contributed by atoms with Crippen LogP contribution in [0.4, 0.5) is 4.79 Å². The third kappa shape index (κ3) is 6.60. The van der Waals surface area contributed by atoms with E-state index < -0.39 is 6.03 Å². The molecule has 0 saturated carbocycles. The van der Waals surface area contributed by atoms with Crippen molar-refractivity contribution in [2.75, 3.05) is 6.54 Å². The van der Waals surface area contributed by atoms with E-state index in [1.54, 1.807) is 6.07 Å². The molecule has 3 N–H and O–H groups in total. The molecule has 1 aromatic rings. The van der Waals surface area contributed by atoms with Crippen molar-refractivity contribution in [3.8, 4) is 0 Å². The number of imide groups is 1. The smallest absolute Gasteiger partial charge is 0.321 e. The van der Waals surface area contributed by atoms with Gasteiger partial charge in [-0.1, -0.05) is 30.7 Å². The highest BCUT2D eigenvalue weighted by Gasteiger charge is 2.11. The topological polar surface area (TPSA) is 70.2 Å². The molecule has 1 rings (SSSR count). The van der Waals surface area contributed by atoms with E-state index in [0.717, 1.165) is 12.0 Å². The number of hydrogen-bond acceptors (Lipinski definition) is 3. The van der Waals surface area contributed by atoms with Gasteiger partial charge in [0, 0.05) is 17.1 Å². The largest absolute Gasteiger partial charge is 0.335 e. The Morgan fingerprint density at radius 1 is 1.29 bits per heavy atom. The fourth-order valence-corrected chi connectivity index (χ4v) is 1.87. The van der Waals surface area contributed by atoms with Gasteiger partial charge in [0.15, 0.2) is 0 Å². The van der Waals surface area contributed by atoms with Crippen LogP contribution in [0.15, 0.2) is 24.3 Å². The van der Waals surface area contributed by atoms with E-state index >= 15 is 0 Å². The van der Waals surface area contributed by atoms with E-state index in [9.17, 15) is 9.59 Å².